The highest BCUT2D eigenvalue weighted by atomic mass is 16.5. The average molecular weight is 345 g/mol. The molecular weight excluding hydrogens is 326 g/mol. The Morgan fingerprint density at radius 1 is 1.36 bits per heavy atom. The normalized spacial score (nSPS) is 17.2. The van der Waals surface area contributed by atoms with E-state index in [1.54, 1.807) is 23.2 Å². The molecule has 0 N–H and O–H groups in total. The van der Waals surface area contributed by atoms with E-state index >= 15 is 0 Å². The van der Waals surface area contributed by atoms with Crippen LogP contribution in [0.25, 0.3) is 0 Å². The lowest BCUT2D eigenvalue weighted by Gasteiger charge is -2.32. The SMILES string of the molecule is COc1nccc(OC2CCCN(C(=O)Cn3ncccc3=O)C2)n1. The van der Waals surface area contributed by atoms with Crippen LogP contribution in [0.4, 0.5) is 0 Å². The van der Waals surface area contributed by atoms with Crippen molar-refractivity contribution in [3.63, 3.8) is 0 Å². The van der Waals surface area contributed by atoms with Gasteiger partial charge in [0.15, 0.2) is 0 Å². The minimum absolute atomic E-state index is 0.0757. The lowest BCUT2D eigenvalue weighted by atomic mass is 10.1. The maximum atomic E-state index is 12.4. The molecule has 0 radical (unpaired) electrons. The zero-order valence-corrected chi connectivity index (χ0v) is 13.9. The number of likely N-dealkylation sites (tertiary alicyclic amines) is 1. The fraction of sp³-hybridized carbons (Fsp3) is 0.438. The van der Waals surface area contributed by atoms with Crippen LogP contribution < -0.4 is 15.0 Å². The molecule has 3 rings (SSSR count). The molecule has 2 aromatic rings. The highest BCUT2D eigenvalue weighted by Gasteiger charge is 2.25. The van der Waals surface area contributed by atoms with Gasteiger partial charge >= 0.3 is 6.01 Å². The predicted molar refractivity (Wildman–Crippen MR) is 87.3 cm³/mol. The first kappa shape index (κ1) is 16.9. The van der Waals surface area contributed by atoms with Crippen LogP contribution in [-0.2, 0) is 11.3 Å². The minimum atomic E-state index is -0.297. The second kappa shape index (κ2) is 7.73. The van der Waals surface area contributed by atoms with E-state index in [1.807, 2.05) is 0 Å². The molecule has 9 heteroatoms. The monoisotopic (exact) mass is 345 g/mol. The van der Waals surface area contributed by atoms with E-state index in [9.17, 15) is 9.59 Å². The smallest absolute Gasteiger partial charge is 0.319 e. The van der Waals surface area contributed by atoms with Crippen molar-refractivity contribution in [1.29, 1.82) is 0 Å². The van der Waals surface area contributed by atoms with E-state index in [0.717, 1.165) is 17.5 Å². The van der Waals surface area contributed by atoms with Gasteiger partial charge in [-0.1, -0.05) is 0 Å². The molecule has 3 heterocycles. The topological polar surface area (TPSA) is 99.4 Å². The largest absolute Gasteiger partial charge is 0.472 e. The van der Waals surface area contributed by atoms with Crippen LogP contribution in [0.5, 0.6) is 11.9 Å². The molecule has 0 aliphatic carbocycles. The van der Waals surface area contributed by atoms with Crippen LogP contribution in [0.15, 0.2) is 35.4 Å². The molecule has 0 spiro atoms. The van der Waals surface area contributed by atoms with Gasteiger partial charge < -0.3 is 14.4 Å². The van der Waals surface area contributed by atoms with Gasteiger partial charge in [-0.2, -0.15) is 10.1 Å². The number of aromatic nitrogens is 4. The second-order valence-corrected chi connectivity index (χ2v) is 5.62. The van der Waals surface area contributed by atoms with Crippen molar-refractivity contribution in [3.8, 4) is 11.9 Å². The van der Waals surface area contributed by atoms with Gasteiger partial charge in [0.05, 0.1) is 13.7 Å². The number of ether oxygens (including phenoxy) is 2. The summed E-state index contributed by atoms with van der Waals surface area (Å²) in [6, 6.07) is 4.81. The van der Waals surface area contributed by atoms with Gasteiger partial charge in [0, 0.05) is 31.1 Å². The van der Waals surface area contributed by atoms with Gasteiger partial charge in [0.1, 0.15) is 12.6 Å². The summed E-state index contributed by atoms with van der Waals surface area (Å²) in [6.45, 7) is 0.994. The molecule has 1 fully saturated rings. The average Bonchev–Trinajstić information content (AvgIpc) is 2.64. The molecule has 1 unspecified atom stereocenters. The predicted octanol–water partition coefficient (Wildman–Crippen LogP) is 0.112. The Bertz CT molecular complexity index is 794. The molecule has 9 nitrogen and oxygen atoms in total. The molecule has 0 saturated carbocycles. The van der Waals surface area contributed by atoms with E-state index in [0.29, 0.717) is 19.0 Å². The zero-order valence-electron chi connectivity index (χ0n) is 13.9. The Kier molecular flexibility index (Phi) is 5.22. The molecule has 25 heavy (non-hydrogen) atoms. The van der Waals surface area contributed by atoms with Crippen molar-refractivity contribution in [2.24, 2.45) is 0 Å². The molecule has 0 bridgehead atoms. The fourth-order valence-electron chi connectivity index (χ4n) is 2.65. The lowest BCUT2D eigenvalue weighted by molar-refractivity contribution is -0.134. The van der Waals surface area contributed by atoms with E-state index in [-0.39, 0.29) is 30.1 Å². The van der Waals surface area contributed by atoms with Crippen molar-refractivity contribution in [2.45, 2.75) is 25.5 Å². The van der Waals surface area contributed by atoms with Gasteiger partial charge in [-0.25, -0.2) is 9.67 Å². The van der Waals surface area contributed by atoms with Gasteiger partial charge in [-0.3, -0.25) is 9.59 Å². The van der Waals surface area contributed by atoms with Crippen LogP contribution in [0.2, 0.25) is 0 Å². The molecule has 132 valence electrons. The van der Waals surface area contributed by atoms with Gasteiger partial charge in [-0.15, -0.1) is 0 Å². The van der Waals surface area contributed by atoms with Crippen LogP contribution in [-0.4, -0.2) is 56.9 Å². The van der Waals surface area contributed by atoms with E-state index < -0.39 is 0 Å². The molecule has 0 aromatic carbocycles. The molecule has 1 aliphatic rings. The van der Waals surface area contributed by atoms with Gasteiger partial charge in [-0.05, 0) is 18.9 Å². The molecule has 2 aromatic heterocycles. The van der Waals surface area contributed by atoms with Crippen molar-refractivity contribution in [3.05, 3.63) is 40.9 Å². The van der Waals surface area contributed by atoms with E-state index in [4.69, 9.17) is 9.47 Å². The number of carbonyl (C=O) groups excluding carboxylic acids is 1. The van der Waals surface area contributed by atoms with Gasteiger partial charge in [0.25, 0.3) is 5.56 Å². The number of piperidine rings is 1. The van der Waals surface area contributed by atoms with Crippen LogP contribution in [0.1, 0.15) is 12.8 Å². The summed E-state index contributed by atoms with van der Waals surface area (Å²) in [6.07, 6.45) is 4.51. The van der Waals surface area contributed by atoms with Crippen LogP contribution in [0, 0.1) is 0 Å². The molecule has 1 aliphatic heterocycles. The Labute approximate surface area is 144 Å². The second-order valence-electron chi connectivity index (χ2n) is 5.62. The van der Waals surface area contributed by atoms with Gasteiger partial charge in [0.2, 0.25) is 11.8 Å². The summed E-state index contributed by atoms with van der Waals surface area (Å²) in [4.78, 5) is 33.9. The Balaban J connectivity index is 1.61. The highest BCUT2D eigenvalue weighted by molar-refractivity contribution is 5.76. The van der Waals surface area contributed by atoms with E-state index in [1.165, 1.54) is 19.4 Å². The first-order valence-electron chi connectivity index (χ1n) is 7.99. The number of rotatable bonds is 5. The zero-order chi connectivity index (χ0) is 17.6. The Morgan fingerprint density at radius 3 is 3.04 bits per heavy atom. The summed E-state index contributed by atoms with van der Waals surface area (Å²) in [5.41, 5.74) is -0.297. The number of methoxy groups -OCH3 is 1. The van der Waals surface area contributed by atoms with Crippen molar-refractivity contribution < 1.29 is 14.3 Å². The summed E-state index contributed by atoms with van der Waals surface area (Å²) >= 11 is 0. The van der Waals surface area contributed by atoms with Crippen LogP contribution >= 0.6 is 0 Å². The third-order valence-corrected chi connectivity index (χ3v) is 3.88. The molecular formula is C16H19N5O4. The Morgan fingerprint density at radius 2 is 2.24 bits per heavy atom. The highest BCUT2D eigenvalue weighted by Crippen LogP contribution is 2.18. The maximum absolute atomic E-state index is 12.4. The number of nitrogens with zero attached hydrogens (tertiary/aromatic N) is 5. The summed E-state index contributed by atoms with van der Waals surface area (Å²) in [7, 11) is 1.49. The lowest BCUT2D eigenvalue weighted by Crippen LogP contribution is -2.46. The Hall–Kier alpha value is -2.97. The summed E-state index contributed by atoms with van der Waals surface area (Å²) in [5.74, 6) is 0.251. The molecule has 1 amide bonds. The van der Waals surface area contributed by atoms with Crippen molar-refractivity contribution in [1.82, 2.24) is 24.6 Å². The van der Waals surface area contributed by atoms with Crippen molar-refractivity contribution in [2.75, 3.05) is 20.2 Å². The number of carbonyl (C=O) groups is 1. The first-order valence-corrected chi connectivity index (χ1v) is 7.99. The quantitative estimate of drug-likeness (QED) is 0.758. The number of amides is 1. The van der Waals surface area contributed by atoms with Crippen LogP contribution in [0.3, 0.4) is 0 Å². The molecule has 1 atom stereocenters. The van der Waals surface area contributed by atoms with E-state index in [2.05, 4.69) is 15.1 Å². The fourth-order valence-corrected chi connectivity index (χ4v) is 2.65. The minimum Gasteiger partial charge on any atom is -0.472 e. The summed E-state index contributed by atoms with van der Waals surface area (Å²) in [5, 5.41) is 3.91. The van der Waals surface area contributed by atoms with Crippen molar-refractivity contribution >= 4 is 5.91 Å². The number of hydrogen-bond acceptors (Lipinski definition) is 7. The third kappa shape index (κ3) is 4.31. The first-order chi connectivity index (χ1) is 12.2. The number of hydrogen-bond donors (Lipinski definition) is 0. The summed E-state index contributed by atoms with van der Waals surface area (Å²) < 4.78 is 12.0. The third-order valence-electron chi connectivity index (χ3n) is 3.88. The standard InChI is InChI=1S/C16H19N5O4/c1-24-16-17-8-6-13(19-16)25-12-4-3-9-20(10-12)15(23)11-21-14(22)5-2-7-18-21/h2,5-8,12H,3-4,9-11H2,1H3. The molecule has 1 saturated heterocycles. The maximum Gasteiger partial charge on any atom is 0.319 e.